The Labute approximate surface area is 119 Å². The highest BCUT2D eigenvalue weighted by atomic mass is 32.2. The van der Waals surface area contributed by atoms with Crippen LogP contribution in [0.25, 0.3) is 0 Å². The summed E-state index contributed by atoms with van der Waals surface area (Å²) in [5.41, 5.74) is 1.20. The molecule has 0 fully saturated rings. The molecule has 1 rings (SSSR count). The van der Waals surface area contributed by atoms with Crippen LogP contribution in [0.5, 0.6) is 0 Å². The van der Waals surface area contributed by atoms with Gasteiger partial charge in [-0.1, -0.05) is 32.9 Å². The first-order chi connectivity index (χ1) is 8.75. The van der Waals surface area contributed by atoms with Crippen molar-refractivity contribution in [3.8, 4) is 0 Å². The van der Waals surface area contributed by atoms with Crippen molar-refractivity contribution >= 4 is 10.8 Å². The Morgan fingerprint density at radius 3 is 2.16 bits per heavy atom. The van der Waals surface area contributed by atoms with Crippen LogP contribution in [0.4, 0.5) is 0 Å². The van der Waals surface area contributed by atoms with Gasteiger partial charge in [-0.05, 0) is 30.2 Å². The van der Waals surface area contributed by atoms with Gasteiger partial charge in [0.25, 0.3) is 0 Å². The molecule has 2 unspecified atom stereocenters. The lowest BCUT2D eigenvalue weighted by Gasteiger charge is -2.36. The van der Waals surface area contributed by atoms with E-state index in [2.05, 4.69) is 25.7 Å². The summed E-state index contributed by atoms with van der Waals surface area (Å²) in [5, 5.41) is 9.55. The summed E-state index contributed by atoms with van der Waals surface area (Å²) < 4.78 is 11.3. The van der Waals surface area contributed by atoms with Gasteiger partial charge in [-0.2, -0.15) is 0 Å². The first-order valence-electron chi connectivity index (χ1n) is 6.49. The molecule has 0 bridgehead atoms. The quantitative estimate of drug-likeness (QED) is 0.901. The Morgan fingerprint density at radius 2 is 1.79 bits per heavy atom. The summed E-state index contributed by atoms with van der Waals surface area (Å²) >= 11 is 0. The van der Waals surface area contributed by atoms with Gasteiger partial charge in [0.2, 0.25) is 0 Å². The molecule has 1 aromatic carbocycles. The number of hydrogen-bond donors (Lipinski definition) is 1. The average Bonchev–Trinajstić information content (AvgIpc) is 2.28. The molecule has 3 nitrogen and oxygen atoms in total. The lowest BCUT2D eigenvalue weighted by Crippen LogP contribution is -2.43. The van der Waals surface area contributed by atoms with Crippen molar-refractivity contribution in [1.29, 1.82) is 0 Å². The summed E-state index contributed by atoms with van der Waals surface area (Å²) in [4.78, 5) is 3.01. The standard InChI is InChI=1S/C15H25NO2S/c1-15(2,3)14(11-17)16(4)10-12-6-8-13(9-7-12)19(5)18/h6-9,14,17H,10-11H2,1-5H3. The van der Waals surface area contributed by atoms with Crippen LogP contribution in [0.2, 0.25) is 0 Å². The number of hydrogen-bond acceptors (Lipinski definition) is 3. The van der Waals surface area contributed by atoms with E-state index in [9.17, 15) is 9.32 Å². The van der Waals surface area contributed by atoms with Crippen LogP contribution in [0.15, 0.2) is 29.2 Å². The van der Waals surface area contributed by atoms with Crippen LogP contribution in [-0.4, -0.2) is 40.2 Å². The second kappa shape index (κ2) is 6.64. The van der Waals surface area contributed by atoms with E-state index in [1.54, 1.807) is 6.26 Å². The molecule has 19 heavy (non-hydrogen) atoms. The first-order valence-corrected chi connectivity index (χ1v) is 8.05. The largest absolute Gasteiger partial charge is 0.395 e. The van der Waals surface area contributed by atoms with E-state index in [4.69, 9.17) is 0 Å². The number of aliphatic hydroxyl groups excluding tert-OH is 1. The molecule has 0 radical (unpaired) electrons. The summed E-state index contributed by atoms with van der Waals surface area (Å²) in [6, 6.07) is 7.94. The Morgan fingerprint density at radius 1 is 1.26 bits per heavy atom. The third-order valence-electron chi connectivity index (χ3n) is 3.39. The van der Waals surface area contributed by atoms with Gasteiger partial charge in [0.15, 0.2) is 0 Å². The Balaban J connectivity index is 2.76. The Kier molecular flexibility index (Phi) is 5.71. The Hall–Kier alpha value is -0.710. The molecule has 0 saturated carbocycles. The summed E-state index contributed by atoms with van der Waals surface area (Å²) in [5.74, 6) is 0. The molecule has 1 aromatic rings. The van der Waals surface area contributed by atoms with E-state index in [1.807, 2.05) is 31.3 Å². The van der Waals surface area contributed by atoms with E-state index in [0.29, 0.717) is 0 Å². The molecule has 1 N–H and O–H groups in total. The fourth-order valence-electron chi connectivity index (χ4n) is 2.26. The number of rotatable bonds is 5. The number of aliphatic hydroxyl groups is 1. The first kappa shape index (κ1) is 16.3. The molecule has 0 aliphatic rings. The van der Waals surface area contributed by atoms with Crippen molar-refractivity contribution in [2.75, 3.05) is 19.9 Å². The third kappa shape index (κ3) is 4.71. The smallest absolute Gasteiger partial charge is 0.0591 e. The van der Waals surface area contributed by atoms with Gasteiger partial charge in [-0.15, -0.1) is 0 Å². The highest BCUT2D eigenvalue weighted by molar-refractivity contribution is 7.84. The highest BCUT2D eigenvalue weighted by Gasteiger charge is 2.27. The van der Waals surface area contributed by atoms with E-state index < -0.39 is 10.8 Å². The monoisotopic (exact) mass is 283 g/mol. The lowest BCUT2D eigenvalue weighted by molar-refractivity contribution is 0.0614. The molecule has 0 saturated heterocycles. The van der Waals surface area contributed by atoms with Gasteiger partial charge < -0.3 is 5.11 Å². The molecule has 4 heteroatoms. The maximum absolute atomic E-state index is 11.3. The SMILES string of the molecule is CN(Cc1ccc(S(C)=O)cc1)C(CO)C(C)(C)C. The van der Waals surface area contributed by atoms with Crippen LogP contribution in [0, 0.1) is 5.41 Å². The molecule has 0 aliphatic heterocycles. The third-order valence-corrected chi connectivity index (χ3v) is 4.33. The van der Waals surface area contributed by atoms with Gasteiger partial charge in [0, 0.05) is 34.5 Å². The van der Waals surface area contributed by atoms with Gasteiger partial charge in [-0.25, -0.2) is 0 Å². The summed E-state index contributed by atoms with van der Waals surface area (Å²) in [6.07, 6.45) is 1.68. The fourth-order valence-corrected chi connectivity index (χ4v) is 2.78. The zero-order valence-corrected chi connectivity index (χ0v) is 13.3. The summed E-state index contributed by atoms with van der Waals surface area (Å²) in [7, 11) is 1.10. The Bertz CT molecular complexity index is 423. The minimum absolute atomic E-state index is 0.0361. The molecule has 108 valence electrons. The van der Waals surface area contributed by atoms with Crippen molar-refractivity contribution in [3.05, 3.63) is 29.8 Å². The van der Waals surface area contributed by atoms with Crippen molar-refractivity contribution < 1.29 is 9.32 Å². The van der Waals surface area contributed by atoms with E-state index >= 15 is 0 Å². The van der Waals surface area contributed by atoms with Gasteiger partial charge in [0.1, 0.15) is 0 Å². The van der Waals surface area contributed by atoms with Crippen LogP contribution in [-0.2, 0) is 17.3 Å². The maximum atomic E-state index is 11.3. The van der Waals surface area contributed by atoms with Crippen LogP contribution < -0.4 is 0 Å². The number of nitrogens with zero attached hydrogens (tertiary/aromatic N) is 1. The summed E-state index contributed by atoms with van der Waals surface area (Å²) in [6.45, 7) is 7.32. The van der Waals surface area contributed by atoms with E-state index in [1.165, 1.54) is 5.56 Å². The second-order valence-corrected chi connectivity index (χ2v) is 7.46. The van der Waals surface area contributed by atoms with E-state index in [0.717, 1.165) is 11.4 Å². The molecule has 0 heterocycles. The van der Waals surface area contributed by atoms with Gasteiger partial charge in [0.05, 0.1) is 6.61 Å². The zero-order valence-electron chi connectivity index (χ0n) is 12.5. The van der Waals surface area contributed by atoms with Crippen LogP contribution >= 0.6 is 0 Å². The molecule has 0 amide bonds. The zero-order chi connectivity index (χ0) is 14.6. The highest BCUT2D eigenvalue weighted by Crippen LogP contribution is 2.24. The lowest BCUT2D eigenvalue weighted by atomic mass is 9.86. The van der Waals surface area contributed by atoms with Gasteiger partial charge >= 0.3 is 0 Å². The van der Waals surface area contributed by atoms with Crippen LogP contribution in [0.1, 0.15) is 26.3 Å². The average molecular weight is 283 g/mol. The predicted octanol–water partition coefficient (Wildman–Crippen LogP) is 2.26. The molecular weight excluding hydrogens is 258 g/mol. The van der Waals surface area contributed by atoms with Crippen molar-refractivity contribution in [2.24, 2.45) is 5.41 Å². The topological polar surface area (TPSA) is 40.5 Å². The molecule has 0 aliphatic carbocycles. The number of likely N-dealkylation sites (N-methyl/N-ethyl adjacent to an activating group) is 1. The number of benzene rings is 1. The van der Waals surface area contributed by atoms with Crippen molar-refractivity contribution in [2.45, 2.75) is 38.3 Å². The molecular formula is C15H25NO2S. The minimum Gasteiger partial charge on any atom is -0.395 e. The van der Waals surface area contributed by atoms with Crippen LogP contribution in [0.3, 0.4) is 0 Å². The van der Waals surface area contributed by atoms with Crippen molar-refractivity contribution in [1.82, 2.24) is 4.90 Å². The normalized spacial score (nSPS) is 15.5. The minimum atomic E-state index is -0.928. The fraction of sp³-hybridized carbons (Fsp3) is 0.600. The van der Waals surface area contributed by atoms with Gasteiger partial charge in [-0.3, -0.25) is 9.11 Å². The second-order valence-electron chi connectivity index (χ2n) is 6.08. The maximum Gasteiger partial charge on any atom is 0.0591 e. The van der Waals surface area contributed by atoms with E-state index in [-0.39, 0.29) is 18.1 Å². The predicted molar refractivity (Wildman–Crippen MR) is 80.6 cm³/mol. The molecule has 0 aromatic heterocycles. The molecule has 0 spiro atoms. The molecule has 2 atom stereocenters. The van der Waals surface area contributed by atoms with Crippen molar-refractivity contribution in [3.63, 3.8) is 0 Å².